The normalized spacial score (nSPS) is 33.0. The zero-order valence-electron chi connectivity index (χ0n) is 16.2. The molecule has 0 radical (unpaired) electrons. The average Bonchev–Trinajstić information content (AvgIpc) is 3.54. The summed E-state index contributed by atoms with van der Waals surface area (Å²) < 4.78 is 56.6. The Morgan fingerprint density at radius 1 is 0.857 bits per heavy atom. The monoisotopic (exact) mass is 398 g/mol. The Bertz CT molecular complexity index is 625. The third-order valence-corrected chi connectivity index (χ3v) is 6.73. The van der Waals surface area contributed by atoms with Crippen LogP contribution in [0.15, 0.2) is 12.1 Å². The first-order valence-corrected chi connectivity index (χ1v) is 10.6. The van der Waals surface area contributed by atoms with Crippen LogP contribution >= 0.6 is 0 Å². The van der Waals surface area contributed by atoms with Gasteiger partial charge < -0.3 is 14.2 Å². The third kappa shape index (κ3) is 5.08. The topological polar surface area (TPSA) is 31.0 Å². The Hall–Kier alpha value is -1.11. The molecule has 156 valence electrons. The van der Waals surface area contributed by atoms with Gasteiger partial charge in [-0.3, -0.25) is 0 Å². The van der Waals surface area contributed by atoms with Gasteiger partial charge in [0.05, 0.1) is 19.3 Å². The van der Waals surface area contributed by atoms with Gasteiger partial charge in [-0.15, -0.1) is 0 Å². The van der Waals surface area contributed by atoms with Crippen LogP contribution in [-0.2, 0) is 14.2 Å². The second kappa shape index (κ2) is 9.14. The Kier molecular flexibility index (Phi) is 6.59. The molecule has 6 heteroatoms. The molecule has 0 spiro atoms. The van der Waals surface area contributed by atoms with Gasteiger partial charge in [-0.05, 0) is 86.8 Å². The molecule has 3 nitrogen and oxygen atoms in total. The fourth-order valence-electron chi connectivity index (χ4n) is 4.95. The van der Waals surface area contributed by atoms with Crippen molar-refractivity contribution in [2.24, 2.45) is 11.8 Å². The maximum Gasteiger partial charge on any atom is 0.194 e. The lowest BCUT2D eigenvalue weighted by atomic mass is 9.69. The predicted octanol–water partition coefficient (Wildman–Crippen LogP) is 5.33. The highest BCUT2D eigenvalue weighted by molar-refractivity contribution is 5.23. The number of halogens is 3. The van der Waals surface area contributed by atoms with E-state index in [2.05, 4.69) is 0 Å². The molecule has 0 amide bonds. The summed E-state index contributed by atoms with van der Waals surface area (Å²) >= 11 is 0. The number of benzene rings is 1. The highest BCUT2D eigenvalue weighted by Crippen LogP contribution is 2.43. The number of ether oxygens (including phenoxy) is 3. The van der Waals surface area contributed by atoms with Gasteiger partial charge in [0.1, 0.15) is 12.9 Å². The first-order valence-electron chi connectivity index (χ1n) is 10.6. The molecule has 1 unspecified atom stereocenters. The second-order valence-corrected chi connectivity index (χ2v) is 8.56. The largest absolute Gasteiger partial charge is 0.371 e. The average molecular weight is 398 g/mol. The van der Waals surface area contributed by atoms with E-state index in [1.807, 2.05) is 0 Å². The lowest BCUT2D eigenvalue weighted by molar-refractivity contribution is -0.106. The molecule has 4 rings (SSSR count). The highest BCUT2D eigenvalue weighted by Gasteiger charge is 2.32. The van der Waals surface area contributed by atoms with E-state index in [1.165, 1.54) is 25.0 Å². The standard InChI is InChI=1S/C22H29F3O3/c23-20-9-17(10-21(24)22(20)25)16-3-1-14(2-4-16)15-5-7-18(8-6-15)28-13-26-11-19-12-27-19/h9-10,14-16,18-19H,1-8,11-13H2. The molecule has 1 atom stereocenters. The molecule has 0 bridgehead atoms. The van der Waals surface area contributed by atoms with Gasteiger partial charge in [0.15, 0.2) is 17.5 Å². The van der Waals surface area contributed by atoms with E-state index < -0.39 is 17.5 Å². The van der Waals surface area contributed by atoms with Crippen molar-refractivity contribution in [3.05, 3.63) is 35.1 Å². The van der Waals surface area contributed by atoms with Gasteiger partial charge in [-0.1, -0.05) is 0 Å². The fraction of sp³-hybridized carbons (Fsp3) is 0.727. The first-order chi connectivity index (χ1) is 13.6. The van der Waals surface area contributed by atoms with Gasteiger partial charge in [-0.25, -0.2) is 13.2 Å². The minimum atomic E-state index is -1.37. The van der Waals surface area contributed by atoms with E-state index >= 15 is 0 Å². The number of rotatable bonds is 7. The Morgan fingerprint density at radius 3 is 2.00 bits per heavy atom. The lowest BCUT2D eigenvalue weighted by Crippen LogP contribution is -2.29. The zero-order valence-corrected chi connectivity index (χ0v) is 16.2. The van der Waals surface area contributed by atoms with Gasteiger partial charge in [0.2, 0.25) is 0 Å². The van der Waals surface area contributed by atoms with Crippen molar-refractivity contribution < 1.29 is 27.4 Å². The quantitative estimate of drug-likeness (QED) is 0.269. The van der Waals surface area contributed by atoms with E-state index in [0.29, 0.717) is 30.8 Å². The van der Waals surface area contributed by atoms with Crippen LogP contribution in [0.1, 0.15) is 62.8 Å². The first kappa shape index (κ1) is 20.2. The number of hydrogen-bond acceptors (Lipinski definition) is 3. The van der Waals surface area contributed by atoms with Crippen molar-refractivity contribution in [3.8, 4) is 0 Å². The second-order valence-electron chi connectivity index (χ2n) is 8.56. The van der Waals surface area contributed by atoms with Crippen LogP contribution in [0.25, 0.3) is 0 Å². The number of epoxide rings is 1. The molecule has 0 N–H and O–H groups in total. The smallest absolute Gasteiger partial charge is 0.194 e. The van der Waals surface area contributed by atoms with Gasteiger partial charge in [0.25, 0.3) is 0 Å². The minimum Gasteiger partial charge on any atom is -0.371 e. The molecule has 1 saturated heterocycles. The van der Waals surface area contributed by atoms with Crippen LogP contribution in [-0.4, -0.2) is 32.2 Å². The summed E-state index contributed by atoms with van der Waals surface area (Å²) in [4.78, 5) is 0. The van der Waals surface area contributed by atoms with Crippen molar-refractivity contribution in [1.82, 2.24) is 0 Å². The van der Waals surface area contributed by atoms with E-state index in [1.54, 1.807) is 0 Å². The predicted molar refractivity (Wildman–Crippen MR) is 98.4 cm³/mol. The molecule has 0 aromatic heterocycles. The SMILES string of the molecule is Fc1cc(C2CCC(C3CCC(OCOCC4CO4)CC3)CC2)cc(F)c1F. The summed E-state index contributed by atoms with van der Waals surface area (Å²) in [5.74, 6) is -2.01. The maximum atomic E-state index is 13.5. The number of hydrogen-bond donors (Lipinski definition) is 0. The van der Waals surface area contributed by atoms with E-state index in [9.17, 15) is 13.2 Å². The lowest BCUT2D eigenvalue weighted by Gasteiger charge is -2.37. The van der Waals surface area contributed by atoms with Crippen LogP contribution in [0.5, 0.6) is 0 Å². The van der Waals surface area contributed by atoms with Crippen molar-refractivity contribution in [2.45, 2.75) is 69.5 Å². The van der Waals surface area contributed by atoms with E-state index in [-0.39, 0.29) is 18.1 Å². The maximum absolute atomic E-state index is 13.5. The molecule has 1 aliphatic heterocycles. The van der Waals surface area contributed by atoms with Gasteiger partial charge in [-0.2, -0.15) is 0 Å². The zero-order chi connectivity index (χ0) is 19.5. The van der Waals surface area contributed by atoms with Crippen LogP contribution < -0.4 is 0 Å². The minimum absolute atomic E-state index is 0.133. The van der Waals surface area contributed by atoms with E-state index in [4.69, 9.17) is 14.2 Å². The molecule has 3 aliphatic rings. The molecule has 1 aromatic rings. The van der Waals surface area contributed by atoms with Crippen molar-refractivity contribution in [2.75, 3.05) is 20.0 Å². The molecule has 2 aliphatic carbocycles. The summed E-state index contributed by atoms with van der Waals surface area (Å²) in [5, 5.41) is 0. The Labute approximate surface area is 164 Å². The molecule has 2 saturated carbocycles. The molecule has 28 heavy (non-hydrogen) atoms. The Balaban J connectivity index is 1.18. The summed E-state index contributed by atoms with van der Waals surface area (Å²) in [6, 6.07) is 2.34. The van der Waals surface area contributed by atoms with Crippen LogP contribution in [0, 0.1) is 29.3 Å². The van der Waals surface area contributed by atoms with Gasteiger partial charge in [0, 0.05) is 0 Å². The van der Waals surface area contributed by atoms with Crippen LogP contribution in [0.3, 0.4) is 0 Å². The Morgan fingerprint density at radius 2 is 1.43 bits per heavy atom. The van der Waals surface area contributed by atoms with Crippen molar-refractivity contribution in [3.63, 3.8) is 0 Å². The van der Waals surface area contributed by atoms with Crippen molar-refractivity contribution in [1.29, 1.82) is 0 Å². The summed E-state index contributed by atoms with van der Waals surface area (Å²) in [6.07, 6.45) is 9.04. The molecule has 1 aromatic carbocycles. The summed E-state index contributed by atoms with van der Waals surface area (Å²) in [7, 11) is 0. The molecular weight excluding hydrogens is 369 g/mol. The molecule has 1 heterocycles. The summed E-state index contributed by atoms with van der Waals surface area (Å²) in [6.45, 7) is 1.78. The molecular formula is C22H29F3O3. The van der Waals surface area contributed by atoms with Crippen LogP contribution in [0.2, 0.25) is 0 Å². The highest BCUT2D eigenvalue weighted by atomic mass is 19.2. The third-order valence-electron chi connectivity index (χ3n) is 6.73. The van der Waals surface area contributed by atoms with Gasteiger partial charge >= 0.3 is 0 Å². The fourth-order valence-corrected chi connectivity index (χ4v) is 4.95. The summed E-state index contributed by atoms with van der Waals surface area (Å²) in [5.41, 5.74) is 0.601. The molecule has 3 fully saturated rings. The van der Waals surface area contributed by atoms with E-state index in [0.717, 1.165) is 45.1 Å². The van der Waals surface area contributed by atoms with Crippen molar-refractivity contribution >= 4 is 0 Å². The van der Waals surface area contributed by atoms with Crippen LogP contribution in [0.4, 0.5) is 13.2 Å².